The quantitative estimate of drug-likeness (QED) is 0.763. The van der Waals surface area contributed by atoms with Gasteiger partial charge in [-0.1, -0.05) is 0 Å². The first kappa shape index (κ1) is 13.1. The molecule has 102 valence electrons. The molecule has 2 fully saturated rings. The first-order chi connectivity index (χ1) is 8.66. The maximum absolute atomic E-state index is 11.9. The summed E-state index contributed by atoms with van der Waals surface area (Å²) in [4.78, 5) is 24.0. The van der Waals surface area contributed by atoms with Gasteiger partial charge in [-0.05, 0) is 32.1 Å². The largest absolute Gasteiger partial charge is 0.480 e. The van der Waals surface area contributed by atoms with E-state index in [1.807, 2.05) is 0 Å². The Hall–Kier alpha value is -1.30. The highest BCUT2D eigenvalue weighted by Gasteiger charge is 2.34. The lowest BCUT2D eigenvalue weighted by molar-refractivity contribution is -0.137. The van der Waals surface area contributed by atoms with E-state index in [1.54, 1.807) is 0 Å². The van der Waals surface area contributed by atoms with Crippen LogP contribution in [0.25, 0.3) is 0 Å². The van der Waals surface area contributed by atoms with Crippen molar-refractivity contribution in [2.75, 3.05) is 19.7 Å². The Morgan fingerprint density at radius 3 is 2.61 bits per heavy atom. The monoisotopic (exact) mass is 256 g/mol. The Balaban J connectivity index is 1.75. The molecule has 1 atom stereocenters. The molecule has 1 aliphatic carbocycles. The number of carbonyl (C=O) groups is 2. The fourth-order valence-corrected chi connectivity index (χ4v) is 2.17. The molecule has 2 rings (SSSR count). The molecule has 1 saturated heterocycles. The van der Waals surface area contributed by atoms with Gasteiger partial charge in [-0.15, -0.1) is 0 Å². The van der Waals surface area contributed by atoms with E-state index in [0.717, 1.165) is 38.7 Å². The SMILES string of the molecule is O=C(O)CN(C(=O)NCC1CCCCO1)C1CC1. The van der Waals surface area contributed by atoms with Crippen LogP contribution in [0.2, 0.25) is 0 Å². The van der Waals surface area contributed by atoms with E-state index < -0.39 is 5.97 Å². The molecule has 0 aromatic rings. The lowest BCUT2D eigenvalue weighted by Gasteiger charge is -2.25. The zero-order chi connectivity index (χ0) is 13.0. The van der Waals surface area contributed by atoms with Gasteiger partial charge in [-0.25, -0.2) is 4.79 Å². The molecule has 0 aromatic heterocycles. The molecular weight excluding hydrogens is 236 g/mol. The summed E-state index contributed by atoms with van der Waals surface area (Å²) in [6, 6.07) is -0.178. The number of rotatable bonds is 5. The number of ether oxygens (including phenoxy) is 1. The molecule has 2 aliphatic rings. The van der Waals surface area contributed by atoms with Gasteiger partial charge >= 0.3 is 12.0 Å². The summed E-state index contributed by atoms with van der Waals surface area (Å²) in [5.74, 6) is -0.967. The van der Waals surface area contributed by atoms with Crippen LogP contribution in [0.4, 0.5) is 4.79 Å². The van der Waals surface area contributed by atoms with Crippen LogP contribution in [0.5, 0.6) is 0 Å². The number of aliphatic carboxylic acids is 1. The number of amides is 2. The minimum atomic E-state index is -0.967. The third-order valence-corrected chi connectivity index (χ3v) is 3.31. The highest BCUT2D eigenvalue weighted by molar-refractivity contribution is 5.80. The summed E-state index contributed by atoms with van der Waals surface area (Å²) >= 11 is 0. The molecule has 1 heterocycles. The normalized spacial score (nSPS) is 23.4. The van der Waals surface area contributed by atoms with E-state index in [-0.39, 0.29) is 24.7 Å². The van der Waals surface area contributed by atoms with Crippen molar-refractivity contribution in [1.29, 1.82) is 0 Å². The number of urea groups is 1. The molecule has 6 heteroatoms. The molecule has 0 bridgehead atoms. The molecule has 0 aromatic carbocycles. The van der Waals surface area contributed by atoms with Crippen LogP contribution in [0.3, 0.4) is 0 Å². The average molecular weight is 256 g/mol. The van der Waals surface area contributed by atoms with Gasteiger partial charge in [0.1, 0.15) is 6.54 Å². The predicted octanol–water partition coefficient (Wildman–Crippen LogP) is 0.814. The van der Waals surface area contributed by atoms with Crippen LogP contribution in [0.1, 0.15) is 32.1 Å². The van der Waals surface area contributed by atoms with Gasteiger partial charge in [-0.2, -0.15) is 0 Å². The lowest BCUT2D eigenvalue weighted by atomic mass is 10.1. The van der Waals surface area contributed by atoms with E-state index >= 15 is 0 Å². The zero-order valence-electron chi connectivity index (χ0n) is 10.4. The van der Waals surface area contributed by atoms with Gasteiger partial charge in [0.05, 0.1) is 6.10 Å². The summed E-state index contributed by atoms with van der Waals surface area (Å²) in [5, 5.41) is 11.6. The summed E-state index contributed by atoms with van der Waals surface area (Å²) in [5.41, 5.74) is 0. The van der Waals surface area contributed by atoms with E-state index in [4.69, 9.17) is 9.84 Å². The van der Waals surface area contributed by atoms with Crippen LogP contribution in [-0.2, 0) is 9.53 Å². The minimum Gasteiger partial charge on any atom is -0.480 e. The number of hydrogen-bond acceptors (Lipinski definition) is 3. The molecule has 0 radical (unpaired) electrons. The van der Waals surface area contributed by atoms with Crippen molar-refractivity contribution in [2.24, 2.45) is 0 Å². The number of hydrogen-bond donors (Lipinski definition) is 2. The van der Waals surface area contributed by atoms with Gasteiger partial charge in [0.15, 0.2) is 0 Å². The Bertz CT molecular complexity index is 311. The molecule has 6 nitrogen and oxygen atoms in total. The standard InChI is InChI=1S/C12H20N2O4/c15-11(16)8-14(9-4-5-9)12(17)13-7-10-3-1-2-6-18-10/h9-10H,1-8H2,(H,13,17)(H,15,16). The van der Waals surface area contributed by atoms with E-state index in [2.05, 4.69) is 5.32 Å². The maximum atomic E-state index is 11.9. The second-order valence-electron chi connectivity index (χ2n) is 4.93. The second kappa shape index (κ2) is 6.04. The first-order valence-electron chi connectivity index (χ1n) is 6.54. The third-order valence-electron chi connectivity index (χ3n) is 3.31. The third kappa shape index (κ3) is 3.87. The second-order valence-corrected chi connectivity index (χ2v) is 4.93. The Morgan fingerprint density at radius 2 is 2.06 bits per heavy atom. The predicted molar refractivity (Wildman–Crippen MR) is 64.4 cm³/mol. The number of carboxylic acids is 1. The van der Waals surface area contributed by atoms with Crippen molar-refractivity contribution in [3.8, 4) is 0 Å². The maximum Gasteiger partial charge on any atom is 0.323 e. The number of carboxylic acid groups (broad SMARTS) is 1. The van der Waals surface area contributed by atoms with Crippen LogP contribution in [0, 0.1) is 0 Å². The van der Waals surface area contributed by atoms with Gasteiger partial charge < -0.3 is 20.1 Å². The van der Waals surface area contributed by atoms with Gasteiger partial charge in [-0.3, -0.25) is 4.79 Å². The summed E-state index contributed by atoms with van der Waals surface area (Å²) in [7, 11) is 0. The van der Waals surface area contributed by atoms with Crippen molar-refractivity contribution in [2.45, 2.75) is 44.2 Å². The summed E-state index contributed by atoms with van der Waals surface area (Å²) < 4.78 is 5.52. The summed E-state index contributed by atoms with van der Waals surface area (Å²) in [6.45, 7) is 1.01. The van der Waals surface area contributed by atoms with Crippen molar-refractivity contribution in [3.63, 3.8) is 0 Å². The number of carbonyl (C=O) groups excluding carboxylic acids is 1. The average Bonchev–Trinajstić information content (AvgIpc) is 3.18. The smallest absolute Gasteiger partial charge is 0.323 e. The van der Waals surface area contributed by atoms with Crippen LogP contribution >= 0.6 is 0 Å². The Kier molecular flexibility index (Phi) is 4.41. The van der Waals surface area contributed by atoms with E-state index in [9.17, 15) is 9.59 Å². The fraction of sp³-hybridized carbons (Fsp3) is 0.833. The van der Waals surface area contributed by atoms with Crippen molar-refractivity contribution in [1.82, 2.24) is 10.2 Å². The minimum absolute atomic E-state index is 0.0774. The first-order valence-corrected chi connectivity index (χ1v) is 6.54. The topological polar surface area (TPSA) is 78.9 Å². The van der Waals surface area contributed by atoms with Crippen molar-refractivity contribution in [3.05, 3.63) is 0 Å². The molecular formula is C12H20N2O4. The number of nitrogens with zero attached hydrogens (tertiary/aromatic N) is 1. The Labute approximate surface area is 106 Å². The lowest BCUT2D eigenvalue weighted by Crippen LogP contribution is -2.46. The molecule has 18 heavy (non-hydrogen) atoms. The van der Waals surface area contributed by atoms with Gasteiger partial charge in [0.2, 0.25) is 0 Å². The van der Waals surface area contributed by atoms with Crippen LogP contribution in [-0.4, -0.2) is 53.8 Å². The summed E-state index contributed by atoms with van der Waals surface area (Å²) in [6.07, 6.45) is 5.05. The highest BCUT2D eigenvalue weighted by atomic mass is 16.5. The van der Waals surface area contributed by atoms with E-state index in [0.29, 0.717) is 6.54 Å². The zero-order valence-corrected chi connectivity index (χ0v) is 10.4. The van der Waals surface area contributed by atoms with Crippen molar-refractivity contribution >= 4 is 12.0 Å². The Morgan fingerprint density at radius 1 is 1.28 bits per heavy atom. The van der Waals surface area contributed by atoms with Crippen molar-refractivity contribution < 1.29 is 19.4 Å². The van der Waals surface area contributed by atoms with Crippen LogP contribution in [0.15, 0.2) is 0 Å². The molecule has 1 saturated carbocycles. The molecule has 2 amide bonds. The van der Waals surface area contributed by atoms with Crippen LogP contribution < -0.4 is 5.32 Å². The molecule has 0 spiro atoms. The van der Waals surface area contributed by atoms with Gasteiger partial charge in [0.25, 0.3) is 0 Å². The molecule has 2 N–H and O–H groups in total. The number of nitrogens with one attached hydrogen (secondary N) is 1. The molecule has 1 aliphatic heterocycles. The van der Waals surface area contributed by atoms with Gasteiger partial charge in [0, 0.05) is 19.2 Å². The fourth-order valence-electron chi connectivity index (χ4n) is 2.17. The highest BCUT2D eigenvalue weighted by Crippen LogP contribution is 2.26. The molecule has 1 unspecified atom stereocenters. The van der Waals surface area contributed by atoms with E-state index in [1.165, 1.54) is 4.90 Å².